The van der Waals surface area contributed by atoms with Crippen LogP contribution in [0.1, 0.15) is 51.4 Å². The fourth-order valence-corrected chi connectivity index (χ4v) is 5.34. The summed E-state index contributed by atoms with van der Waals surface area (Å²) >= 11 is 5.63. The van der Waals surface area contributed by atoms with Gasteiger partial charge in [0.1, 0.15) is 0 Å². The molecule has 0 spiro atoms. The molecule has 4 rings (SSSR count). The first-order valence-electron chi connectivity index (χ1n) is 7.52. The molecule has 1 amide bonds. The predicted molar refractivity (Wildman–Crippen MR) is 73.6 cm³/mol. The molecule has 102 valence electrons. The summed E-state index contributed by atoms with van der Waals surface area (Å²) in [7, 11) is 0. The van der Waals surface area contributed by atoms with E-state index in [9.17, 15) is 4.79 Å². The molecule has 1 N–H and O–H groups in total. The molecule has 0 saturated heterocycles. The Morgan fingerprint density at radius 1 is 1.11 bits per heavy atom. The Morgan fingerprint density at radius 3 is 2.17 bits per heavy atom. The summed E-state index contributed by atoms with van der Waals surface area (Å²) in [4.78, 5) is 12.0. The van der Waals surface area contributed by atoms with Crippen LogP contribution in [0.2, 0.25) is 0 Å². The lowest BCUT2D eigenvalue weighted by Gasteiger charge is -2.56. The minimum atomic E-state index is 0.266. The molecule has 0 aromatic rings. The van der Waals surface area contributed by atoms with Crippen LogP contribution in [0.5, 0.6) is 0 Å². The second kappa shape index (κ2) is 5.03. The van der Waals surface area contributed by atoms with Crippen molar-refractivity contribution in [3.05, 3.63) is 0 Å². The van der Waals surface area contributed by atoms with E-state index in [0.717, 1.165) is 37.1 Å². The maximum Gasteiger partial charge on any atom is 0.220 e. The van der Waals surface area contributed by atoms with Crippen molar-refractivity contribution >= 4 is 17.5 Å². The standard InChI is InChI=1S/C15H24ClNO/c16-2-1-3-17-14(18)10-15-7-11-4-12(8-15)6-13(5-11)9-15/h11-13H,1-10H2,(H,17,18). The summed E-state index contributed by atoms with van der Waals surface area (Å²) in [5.74, 6) is 3.71. The summed E-state index contributed by atoms with van der Waals surface area (Å²) in [5.41, 5.74) is 0.375. The summed E-state index contributed by atoms with van der Waals surface area (Å²) in [6.45, 7) is 0.745. The number of hydrogen-bond donors (Lipinski definition) is 1. The van der Waals surface area contributed by atoms with Crippen LogP contribution >= 0.6 is 11.6 Å². The summed E-state index contributed by atoms with van der Waals surface area (Å²) < 4.78 is 0. The zero-order valence-corrected chi connectivity index (χ0v) is 11.8. The molecule has 0 atom stereocenters. The van der Waals surface area contributed by atoms with E-state index in [2.05, 4.69) is 5.32 Å². The van der Waals surface area contributed by atoms with Gasteiger partial charge >= 0.3 is 0 Å². The highest BCUT2D eigenvalue weighted by atomic mass is 35.5. The summed E-state index contributed by atoms with van der Waals surface area (Å²) in [5, 5.41) is 3.04. The number of nitrogens with one attached hydrogen (secondary N) is 1. The lowest BCUT2D eigenvalue weighted by Crippen LogP contribution is -2.48. The molecule has 4 aliphatic rings. The number of amides is 1. The summed E-state index contributed by atoms with van der Waals surface area (Å²) in [6, 6.07) is 0. The number of alkyl halides is 1. The third-order valence-electron chi connectivity index (χ3n) is 5.33. The van der Waals surface area contributed by atoms with Crippen molar-refractivity contribution in [1.82, 2.24) is 5.32 Å². The molecule has 0 aromatic carbocycles. The van der Waals surface area contributed by atoms with Crippen LogP contribution in [0.3, 0.4) is 0 Å². The largest absolute Gasteiger partial charge is 0.356 e. The van der Waals surface area contributed by atoms with Crippen molar-refractivity contribution in [3.63, 3.8) is 0 Å². The third kappa shape index (κ3) is 2.54. The van der Waals surface area contributed by atoms with Gasteiger partial charge in [-0.3, -0.25) is 4.79 Å². The molecule has 0 unspecified atom stereocenters. The van der Waals surface area contributed by atoms with Gasteiger partial charge in [0.05, 0.1) is 0 Å². The molecule has 4 bridgehead atoms. The van der Waals surface area contributed by atoms with Gasteiger partial charge in [-0.1, -0.05) is 0 Å². The Bertz CT molecular complexity index is 293. The van der Waals surface area contributed by atoms with Crippen molar-refractivity contribution in [3.8, 4) is 0 Å². The van der Waals surface area contributed by atoms with Crippen LogP contribution in [-0.2, 0) is 4.79 Å². The van der Waals surface area contributed by atoms with Crippen LogP contribution in [0.15, 0.2) is 0 Å². The number of halogens is 1. The van der Waals surface area contributed by atoms with E-state index in [1.54, 1.807) is 0 Å². The molecule has 3 heteroatoms. The number of carbonyl (C=O) groups is 1. The molecular formula is C15H24ClNO. The number of hydrogen-bond acceptors (Lipinski definition) is 1. The van der Waals surface area contributed by atoms with Gasteiger partial charge in [-0.2, -0.15) is 0 Å². The first kappa shape index (κ1) is 12.8. The number of rotatable bonds is 5. The molecule has 4 saturated carbocycles. The topological polar surface area (TPSA) is 29.1 Å². The smallest absolute Gasteiger partial charge is 0.220 e. The van der Waals surface area contributed by atoms with Gasteiger partial charge in [0, 0.05) is 18.8 Å². The summed E-state index contributed by atoms with van der Waals surface area (Å²) in [6.07, 6.45) is 9.98. The Kier molecular flexibility index (Phi) is 3.57. The second-order valence-corrected chi connectivity index (χ2v) is 7.36. The van der Waals surface area contributed by atoms with E-state index < -0.39 is 0 Å². The van der Waals surface area contributed by atoms with Gasteiger partial charge < -0.3 is 5.32 Å². The lowest BCUT2D eigenvalue weighted by atomic mass is 9.49. The predicted octanol–water partition coefficient (Wildman–Crippen LogP) is 3.34. The average Bonchev–Trinajstić information content (AvgIpc) is 2.26. The van der Waals surface area contributed by atoms with Crippen LogP contribution in [0, 0.1) is 23.2 Å². The van der Waals surface area contributed by atoms with Gasteiger partial charge in [0.2, 0.25) is 5.91 Å². The fraction of sp³-hybridized carbons (Fsp3) is 0.933. The van der Waals surface area contributed by atoms with E-state index in [1.807, 2.05) is 0 Å². The Hall–Kier alpha value is -0.240. The van der Waals surface area contributed by atoms with Gasteiger partial charge in [0.25, 0.3) is 0 Å². The zero-order valence-electron chi connectivity index (χ0n) is 11.1. The van der Waals surface area contributed by atoms with Crippen molar-refractivity contribution in [2.75, 3.05) is 12.4 Å². The third-order valence-corrected chi connectivity index (χ3v) is 5.60. The molecular weight excluding hydrogens is 246 g/mol. The Labute approximate surface area is 115 Å². The van der Waals surface area contributed by atoms with Crippen LogP contribution < -0.4 is 5.32 Å². The quantitative estimate of drug-likeness (QED) is 0.602. The molecule has 0 heterocycles. The monoisotopic (exact) mass is 269 g/mol. The molecule has 0 aliphatic heterocycles. The Balaban J connectivity index is 1.57. The highest BCUT2D eigenvalue weighted by Crippen LogP contribution is 2.61. The normalized spacial score (nSPS) is 41.1. The first-order valence-corrected chi connectivity index (χ1v) is 8.05. The van der Waals surface area contributed by atoms with Gasteiger partial charge in [0.15, 0.2) is 0 Å². The minimum Gasteiger partial charge on any atom is -0.356 e. The molecule has 4 aliphatic carbocycles. The van der Waals surface area contributed by atoms with Crippen molar-refractivity contribution in [2.45, 2.75) is 51.4 Å². The molecule has 4 fully saturated rings. The van der Waals surface area contributed by atoms with E-state index in [-0.39, 0.29) is 5.91 Å². The Morgan fingerprint density at radius 2 is 1.67 bits per heavy atom. The van der Waals surface area contributed by atoms with E-state index in [1.165, 1.54) is 38.5 Å². The van der Waals surface area contributed by atoms with Crippen molar-refractivity contribution in [1.29, 1.82) is 0 Å². The average molecular weight is 270 g/mol. The zero-order chi connectivity index (χ0) is 12.6. The van der Waals surface area contributed by atoms with Gasteiger partial charge in [-0.05, 0) is 68.1 Å². The van der Waals surface area contributed by atoms with Crippen LogP contribution in [0.25, 0.3) is 0 Å². The van der Waals surface area contributed by atoms with Gasteiger partial charge in [-0.15, -0.1) is 11.6 Å². The van der Waals surface area contributed by atoms with Crippen LogP contribution in [0.4, 0.5) is 0 Å². The van der Waals surface area contributed by atoms with E-state index in [4.69, 9.17) is 11.6 Å². The minimum absolute atomic E-state index is 0.266. The fourth-order valence-electron chi connectivity index (χ4n) is 5.20. The van der Waals surface area contributed by atoms with Crippen molar-refractivity contribution in [2.24, 2.45) is 23.2 Å². The number of carbonyl (C=O) groups excluding carboxylic acids is 1. The highest BCUT2D eigenvalue weighted by Gasteiger charge is 2.51. The molecule has 2 nitrogen and oxygen atoms in total. The van der Waals surface area contributed by atoms with Crippen LogP contribution in [-0.4, -0.2) is 18.3 Å². The highest BCUT2D eigenvalue weighted by molar-refractivity contribution is 6.17. The second-order valence-electron chi connectivity index (χ2n) is 6.99. The first-order chi connectivity index (χ1) is 8.69. The molecule has 0 radical (unpaired) electrons. The van der Waals surface area contributed by atoms with E-state index in [0.29, 0.717) is 11.3 Å². The lowest BCUT2D eigenvalue weighted by molar-refractivity contribution is -0.129. The maximum absolute atomic E-state index is 12.0. The molecule has 0 aromatic heterocycles. The van der Waals surface area contributed by atoms with Crippen molar-refractivity contribution < 1.29 is 4.79 Å². The molecule has 18 heavy (non-hydrogen) atoms. The SMILES string of the molecule is O=C(CC12CC3CC(CC(C3)C1)C2)NCCCCl. The van der Waals surface area contributed by atoms with Gasteiger partial charge in [-0.25, -0.2) is 0 Å². The van der Waals surface area contributed by atoms with E-state index >= 15 is 0 Å². The maximum atomic E-state index is 12.0.